The van der Waals surface area contributed by atoms with Gasteiger partial charge in [-0.15, -0.1) is 15.8 Å². The Morgan fingerprint density at radius 2 is 2.06 bits per heavy atom. The van der Waals surface area contributed by atoms with Crippen LogP contribution in [-0.4, -0.2) is 54.0 Å². The zero-order chi connectivity index (χ0) is 23.3. The molecule has 0 bridgehead atoms. The molecule has 1 aromatic heterocycles. The molecule has 1 amide bonds. The van der Waals surface area contributed by atoms with Crippen LogP contribution in [0.25, 0.3) is 0 Å². The lowest BCUT2D eigenvalue weighted by Gasteiger charge is -2.34. The predicted molar refractivity (Wildman–Crippen MR) is 120 cm³/mol. The van der Waals surface area contributed by atoms with Crippen molar-refractivity contribution in [1.82, 2.24) is 8.72 Å². The average molecular weight is 486 g/mol. The van der Waals surface area contributed by atoms with Gasteiger partial charge in [0.15, 0.2) is 0 Å². The normalized spacial score (nSPS) is 25.6. The van der Waals surface area contributed by atoms with Crippen molar-refractivity contribution in [1.29, 1.82) is 0 Å². The number of ether oxygens (including phenoxy) is 1. The largest absolute Gasteiger partial charge is 0.478 e. The summed E-state index contributed by atoms with van der Waals surface area (Å²) in [5, 5.41) is 10.1. The molecule has 1 aliphatic heterocycles. The molecule has 3 N–H and O–H groups in total. The molecule has 32 heavy (non-hydrogen) atoms. The van der Waals surface area contributed by atoms with Crippen LogP contribution in [0.3, 0.4) is 0 Å². The number of hydrogen-bond donors (Lipinski definition) is 2. The van der Waals surface area contributed by atoms with E-state index in [-0.39, 0.29) is 36.9 Å². The molecule has 2 aliphatic carbocycles. The van der Waals surface area contributed by atoms with E-state index >= 15 is 0 Å². The molecule has 178 valence electrons. The predicted octanol–water partition coefficient (Wildman–Crippen LogP) is 3.11. The summed E-state index contributed by atoms with van der Waals surface area (Å²) in [5.74, 6) is 4.89. The Bertz CT molecular complexity index is 1020. The smallest absolute Gasteiger partial charge is 0.424 e. The second kappa shape index (κ2) is 8.58. The Labute approximate surface area is 192 Å². The summed E-state index contributed by atoms with van der Waals surface area (Å²) < 4.78 is 31.7. The zero-order valence-electron chi connectivity index (χ0n) is 18.5. The third kappa shape index (κ3) is 4.27. The molecule has 1 saturated carbocycles. The summed E-state index contributed by atoms with van der Waals surface area (Å²) >= 11 is 1.59. The number of cyclic esters (lactones) is 1. The number of nitrogens with zero attached hydrogens (tertiary/aromatic N) is 2. The molecule has 4 rings (SSSR count). The SMILES string of the molecule is CC1(C)CCc2sc([C@H]3CCCC[C@H]3CN(N)S(=O)(=O)N3CCOC3=O)c(C(=O)O)c2C1. The number of nitrogens with two attached hydrogens (primary N) is 1. The van der Waals surface area contributed by atoms with Gasteiger partial charge < -0.3 is 9.84 Å². The molecule has 9 nitrogen and oxygen atoms in total. The maximum atomic E-state index is 12.8. The first-order valence-electron chi connectivity index (χ1n) is 11.1. The van der Waals surface area contributed by atoms with Crippen molar-refractivity contribution in [3.8, 4) is 0 Å². The standard InChI is InChI=1S/C21H31N3O6S2/c1-21(2)8-7-16-15(11-21)17(19(25)26)18(31-16)14-6-4-3-5-13(14)12-24(22)32(28,29)23-9-10-30-20(23)27/h13-14H,3-12,22H2,1-2H3,(H,25,26)/t13-,14-/m0/s1. The molecule has 0 aromatic carbocycles. The van der Waals surface area contributed by atoms with E-state index in [9.17, 15) is 23.1 Å². The fourth-order valence-electron chi connectivity index (χ4n) is 5.25. The lowest BCUT2D eigenvalue weighted by Crippen LogP contribution is -2.50. The monoisotopic (exact) mass is 485 g/mol. The third-order valence-electron chi connectivity index (χ3n) is 6.97. The van der Waals surface area contributed by atoms with Crippen LogP contribution in [0, 0.1) is 11.3 Å². The lowest BCUT2D eigenvalue weighted by atomic mass is 9.74. The van der Waals surface area contributed by atoms with E-state index < -0.39 is 22.3 Å². The fraction of sp³-hybridized carbons (Fsp3) is 0.714. The molecular weight excluding hydrogens is 454 g/mol. The number of carbonyl (C=O) groups excluding carboxylic acids is 1. The van der Waals surface area contributed by atoms with Crippen LogP contribution in [0.4, 0.5) is 4.79 Å². The highest BCUT2D eigenvalue weighted by Crippen LogP contribution is 2.48. The molecular formula is C21H31N3O6S2. The Kier molecular flexibility index (Phi) is 6.30. The number of fused-ring (bicyclic) bond motifs is 1. The van der Waals surface area contributed by atoms with Crippen LogP contribution in [0.1, 0.15) is 77.5 Å². The number of aryl methyl sites for hydroxylation is 1. The highest BCUT2D eigenvalue weighted by atomic mass is 32.2. The van der Waals surface area contributed by atoms with Gasteiger partial charge in [-0.05, 0) is 54.9 Å². The van der Waals surface area contributed by atoms with Crippen molar-refractivity contribution in [2.24, 2.45) is 17.2 Å². The number of carboxylic acids is 1. The van der Waals surface area contributed by atoms with E-state index in [4.69, 9.17) is 10.6 Å². The maximum absolute atomic E-state index is 12.8. The number of thiophene rings is 1. The second-order valence-corrected chi connectivity index (χ2v) is 12.7. The van der Waals surface area contributed by atoms with Gasteiger partial charge >= 0.3 is 22.3 Å². The van der Waals surface area contributed by atoms with Gasteiger partial charge in [-0.2, -0.15) is 12.7 Å². The van der Waals surface area contributed by atoms with Crippen molar-refractivity contribution in [2.45, 2.75) is 64.7 Å². The molecule has 2 atom stereocenters. The number of hydrazine groups is 1. The van der Waals surface area contributed by atoms with Gasteiger partial charge in [-0.1, -0.05) is 26.7 Å². The van der Waals surface area contributed by atoms with Gasteiger partial charge in [0.1, 0.15) is 6.61 Å². The Morgan fingerprint density at radius 3 is 2.72 bits per heavy atom. The van der Waals surface area contributed by atoms with Crippen LogP contribution in [0.15, 0.2) is 0 Å². The molecule has 11 heteroatoms. The van der Waals surface area contributed by atoms with Crippen LogP contribution in [0.5, 0.6) is 0 Å². The van der Waals surface area contributed by atoms with E-state index in [0.717, 1.165) is 64.7 Å². The second-order valence-electron chi connectivity index (χ2n) is 9.80. The minimum Gasteiger partial charge on any atom is -0.478 e. The van der Waals surface area contributed by atoms with Crippen molar-refractivity contribution in [2.75, 3.05) is 19.7 Å². The molecule has 1 saturated heterocycles. The summed E-state index contributed by atoms with van der Waals surface area (Å²) in [6.45, 7) is 4.33. The van der Waals surface area contributed by atoms with E-state index in [1.807, 2.05) is 0 Å². The number of rotatable bonds is 6. The van der Waals surface area contributed by atoms with Gasteiger partial charge in [-0.3, -0.25) is 5.84 Å². The summed E-state index contributed by atoms with van der Waals surface area (Å²) in [4.78, 5) is 26.1. The van der Waals surface area contributed by atoms with E-state index in [0.29, 0.717) is 9.87 Å². The summed E-state index contributed by atoms with van der Waals surface area (Å²) in [7, 11) is -4.18. The van der Waals surface area contributed by atoms with Crippen LogP contribution < -0.4 is 5.84 Å². The van der Waals surface area contributed by atoms with Crippen LogP contribution in [-0.2, 0) is 27.8 Å². The van der Waals surface area contributed by atoms with Gasteiger partial charge in [0.05, 0.1) is 12.1 Å². The molecule has 2 heterocycles. The quantitative estimate of drug-likeness (QED) is 0.468. The van der Waals surface area contributed by atoms with E-state index in [1.165, 1.54) is 0 Å². The minimum absolute atomic E-state index is 0.0109. The Hall–Kier alpha value is -1.69. The average Bonchev–Trinajstić information content (AvgIpc) is 3.31. The van der Waals surface area contributed by atoms with Gasteiger partial charge in [0, 0.05) is 16.3 Å². The van der Waals surface area contributed by atoms with Gasteiger partial charge in [-0.25, -0.2) is 9.59 Å². The van der Waals surface area contributed by atoms with Gasteiger partial charge in [0.2, 0.25) is 0 Å². The zero-order valence-corrected chi connectivity index (χ0v) is 20.1. The van der Waals surface area contributed by atoms with Crippen molar-refractivity contribution >= 4 is 33.6 Å². The number of carboxylic acid groups (broad SMARTS) is 1. The number of carbonyl (C=O) groups is 2. The Balaban J connectivity index is 1.63. The highest BCUT2D eigenvalue weighted by Gasteiger charge is 2.41. The molecule has 0 spiro atoms. The van der Waals surface area contributed by atoms with Crippen molar-refractivity contribution < 1.29 is 27.9 Å². The topological polar surface area (TPSA) is 130 Å². The first kappa shape index (κ1) is 23.5. The summed E-state index contributed by atoms with van der Waals surface area (Å²) in [6, 6.07) is 0. The third-order valence-corrected chi connectivity index (χ3v) is 10.0. The lowest BCUT2D eigenvalue weighted by molar-refractivity contribution is 0.0692. The first-order valence-corrected chi connectivity index (χ1v) is 13.3. The van der Waals surface area contributed by atoms with Gasteiger partial charge in [0.25, 0.3) is 0 Å². The molecule has 3 aliphatic rings. The molecule has 0 radical (unpaired) electrons. The molecule has 1 aromatic rings. The number of hydrogen-bond acceptors (Lipinski definition) is 7. The van der Waals surface area contributed by atoms with Crippen LogP contribution >= 0.6 is 11.3 Å². The number of amides is 1. The van der Waals surface area contributed by atoms with Crippen LogP contribution in [0.2, 0.25) is 0 Å². The van der Waals surface area contributed by atoms with Crippen molar-refractivity contribution in [3.05, 3.63) is 20.9 Å². The maximum Gasteiger partial charge on any atom is 0.424 e. The molecule has 2 fully saturated rings. The Morgan fingerprint density at radius 1 is 1.34 bits per heavy atom. The summed E-state index contributed by atoms with van der Waals surface area (Å²) in [6.07, 6.45) is 5.17. The highest BCUT2D eigenvalue weighted by molar-refractivity contribution is 7.87. The molecule has 0 unspecified atom stereocenters. The van der Waals surface area contributed by atoms with Crippen molar-refractivity contribution in [3.63, 3.8) is 0 Å². The number of aromatic carboxylic acids is 1. The van der Waals surface area contributed by atoms with E-state index in [2.05, 4.69) is 13.8 Å². The minimum atomic E-state index is -4.18. The fourth-order valence-corrected chi connectivity index (χ4v) is 7.97. The van der Waals surface area contributed by atoms with E-state index in [1.54, 1.807) is 11.3 Å². The first-order chi connectivity index (χ1) is 15.0. The summed E-state index contributed by atoms with van der Waals surface area (Å²) in [5.41, 5.74) is 1.44.